The lowest BCUT2D eigenvalue weighted by Crippen LogP contribution is -2.39. The molecule has 0 spiro atoms. The Balaban J connectivity index is 1.86. The maximum absolute atomic E-state index is 13.6. The van der Waals surface area contributed by atoms with Crippen LogP contribution in [0.15, 0.2) is 69.6 Å². The third-order valence-corrected chi connectivity index (χ3v) is 6.63. The minimum absolute atomic E-state index is 0.0271. The first-order valence-corrected chi connectivity index (χ1v) is 12.0. The Morgan fingerprint density at radius 2 is 1.83 bits per heavy atom. The number of thiazole rings is 1. The summed E-state index contributed by atoms with van der Waals surface area (Å²) in [6.45, 7) is 0.565. The molecule has 0 unspecified atom stereocenters. The second kappa shape index (κ2) is 10.4. The Kier molecular flexibility index (Phi) is 7.35. The Hall–Kier alpha value is -3.79. The van der Waals surface area contributed by atoms with Crippen LogP contribution in [0, 0.1) is 0 Å². The summed E-state index contributed by atoms with van der Waals surface area (Å²) in [5, 5.41) is 0. The zero-order chi connectivity index (χ0) is 26.0. The summed E-state index contributed by atoms with van der Waals surface area (Å²) in [4.78, 5) is 33.5. The molecule has 2 aromatic carbocycles. The van der Waals surface area contributed by atoms with Gasteiger partial charge in [-0.15, -0.1) is 0 Å². The van der Waals surface area contributed by atoms with Crippen LogP contribution in [0.4, 0.5) is 14.5 Å². The van der Waals surface area contributed by atoms with Crippen molar-refractivity contribution < 1.29 is 23.0 Å². The predicted molar refractivity (Wildman–Crippen MR) is 134 cm³/mol. The molecule has 0 fully saturated rings. The molecule has 36 heavy (non-hydrogen) atoms. The van der Waals surface area contributed by atoms with Crippen molar-refractivity contribution in [1.29, 1.82) is 0 Å². The first-order chi connectivity index (χ1) is 17.2. The van der Waals surface area contributed by atoms with Crippen molar-refractivity contribution in [2.75, 3.05) is 25.6 Å². The number of anilines is 1. The molecule has 0 amide bonds. The summed E-state index contributed by atoms with van der Waals surface area (Å²) in [5.41, 5.74) is 2.74. The number of nitrogens with zero attached hydrogens (tertiary/aromatic N) is 3. The molecular weight excluding hydrogens is 488 g/mol. The standard InChI is InChI=1S/C26H25F2N3O4S/c1-5-34-24(33)21-15(2)29-26-31(22(21)17-8-12-19(13-9-17)35-25(27)28)23(32)20(36-26)14-16-6-10-18(11-7-16)30(3)4/h6-14,22,25H,5H2,1-4H3/b20-14+/t22-/m1/s1. The third-order valence-electron chi connectivity index (χ3n) is 5.65. The van der Waals surface area contributed by atoms with Crippen molar-refractivity contribution >= 4 is 29.1 Å². The van der Waals surface area contributed by atoms with Gasteiger partial charge in [0.15, 0.2) is 4.80 Å². The van der Waals surface area contributed by atoms with Crippen LogP contribution in [0.3, 0.4) is 0 Å². The van der Waals surface area contributed by atoms with E-state index in [-0.39, 0.29) is 23.5 Å². The molecule has 188 valence electrons. The monoisotopic (exact) mass is 513 g/mol. The van der Waals surface area contributed by atoms with Gasteiger partial charge in [-0.2, -0.15) is 8.78 Å². The van der Waals surface area contributed by atoms with Crippen LogP contribution in [0.5, 0.6) is 5.75 Å². The topological polar surface area (TPSA) is 73.1 Å². The van der Waals surface area contributed by atoms with Crippen LogP contribution in [0.2, 0.25) is 0 Å². The van der Waals surface area contributed by atoms with Gasteiger partial charge in [-0.3, -0.25) is 9.36 Å². The largest absolute Gasteiger partial charge is 0.463 e. The van der Waals surface area contributed by atoms with Gasteiger partial charge in [-0.25, -0.2) is 9.79 Å². The van der Waals surface area contributed by atoms with E-state index in [1.165, 1.54) is 28.0 Å². The molecule has 0 aliphatic carbocycles. The van der Waals surface area contributed by atoms with Gasteiger partial charge in [0.25, 0.3) is 5.56 Å². The predicted octanol–water partition coefficient (Wildman–Crippen LogP) is 3.47. The molecule has 1 aliphatic rings. The normalized spacial score (nSPS) is 15.5. The quantitative estimate of drug-likeness (QED) is 0.453. The zero-order valence-electron chi connectivity index (χ0n) is 20.2. The molecule has 1 aliphatic heterocycles. The fourth-order valence-corrected chi connectivity index (χ4v) is 5.01. The molecule has 10 heteroatoms. The first kappa shape index (κ1) is 25.3. The van der Waals surface area contributed by atoms with Crippen LogP contribution in [-0.4, -0.2) is 37.9 Å². The van der Waals surface area contributed by atoms with E-state index in [1.54, 1.807) is 32.1 Å². The Morgan fingerprint density at radius 1 is 1.17 bits per heavy atom. The van der Waals surface area contributed by atoms with Gasteiger partial charge in [-0.1, -0.05) is 35.6 Å². The van der Waals surface area contributed by atoms with Gasteiger partial charge < -0.3 is 14.4 Å². The molecule has 3 aromatic rings. The van der Waals surface area contributed by atoms with Gasteiger partial charge >= 0.3 is 12.6 Å². The number of fused-ring (bicyclic) bond motifs is 1. The molecule has 0 radical (unpaired) electrons. The highest BCUT2D eigenvalue weighted by Crippen LogP contribution is 2.31. The minimum Gasteiger partial charge on any atom is -0.463 e. The Morgan fingerprint density at radius 3 is 2.42 bits per heavy atom. The summed E-state index contributed by atoms with van der Waals surface area (Å²) in [5.74, 6) is -0.620. The number of alkyl halides is 2. The average molecular weight is 514 g/mol. The Labute approximate surface area is 210 Å². The zero-order valence-corrected chi connectivity index (χ0v) is 21.0. The van der Waals surface area contributed by atoms with E-state index < -0.39 is 18.6 Å². The molecule has 4 rings (SSSR count). The molecule has 2 heterocycles. The molecule has 7 nitrogen and oxygen atoms in total. The number of allylic oxidation sites excluding steroid dienone is 1. The van der Waals surface area contributed by atoms with E-state index >= 15 is 0 Å². The summed E-state index contributed by atoms with van der Waals surface area (Å²) in [6.07, 6.45) is 1.78. The molecule has 0 saturated carbocycles. The van der Waals surface area contributed by atoms with E-state index in [1.807, 2.05) is 43.3 Å². The van der Waals surface area contributed by atoms with Crippen molar-refractivity contribution in [3.05, 3.63) is 90.6 Å². The van der Waals surface area contributed by atoms with Gasteiger partial charge in [0.2, 0.25) is 0 Å². The van der Waals surface area contributed by atoms with E-state index in [9.17, 15) is 18.4 Å². The number of halogens is 2. The van der Waals surface area contributed by atoms with Crippen LogP contribution in [-0.2, 0) is 9.53 Å². The number of benzene rings is 2. The number of hydrogen-bond donors (Lipinski definition) is 0. The number of carbonyl (C=O) groups is 1. The molecular formula is C26H25F2N3O4S. The van der Waals surface area contributed by atoms with E-state index in [0.29, 0.717) is 20.6 Å². The van der Waals surface area contributed by atoms with Crippen molar-refractivity contribution in [3.8, 4) is 5.75 Å². The van der Waals surface area contributed by atoms with Gasteiger partial charge in [0, 0.05) is 19.8 Å². The fraction of sp³-hybridized carbons (Fsp3) is 0.269. The molecule has 0 N–H and O–H groups in total. The van der Waals surface area contributed by atoms with Crippen LogP contribution in [0.25, 0.3) is 6.08 Å². The molecule has 0 bridgehead atoms. The Bertz CT molecular complexity index is 1470. The van der Waals surface area contributed by atoms with Gasteiger partial charge in [0.1, 0.15) is 5.75 Å². The van der Waals surface area contributed by atoms with E-state index in [2.05, 4.69) is 9.73 Å². The maximum Gasteiger partial charge on any atom is 0.387 e. The first-order valence-electron chi connectivity index (χ1n) is 11.2. The minimum atomic E-state index is -2.96. The fourth-order valence-electron chi connectivity index (χ4n) is 3.96. The van der Waals surface area contributed by atoms with E-state index in [0.717, 1.165) is 11.3 Å². The molecule has 1 atom stereocenters. The third kappa shape index (κ3) is 5.08. The summed E-state index contributed by atoms with van der Waals surface area (Å²) >= 11 is 1.22. The SMILES string of the molecule is CCOC(=O)C1=C(C)N=c2s/c(=C/c3ccc(N(C)C)cc3)c(=O)n2[C@@H]1c1ccc(OC(F)F)cc1. The highest BCUT2D eigenvalue weighted by molar-refractivity contribution is 7.07. The lowest BCUT2D eigenvalue weighted by molar-refractivity contribution is -0.139. The summed E-state index contributed by atoms with van der Waals surface area (Å²) in [7, 11) is 3.89. The molecule has 0 saturated heterocycles. The van der Waals surface area contributed by atoms with Crippen LogP contribution < -0.4 is 24.5 Å². The second-order valence-corrected chi connectivity index (χ2v) is 9.24. The van der Waals surface area contributed by atoms with Gasteiger partial charge in [-0.05, 0) is 55.3 Å². The number of carbonyl (C=O) groups excluding carboxylic acids is 1. The van der Waals surface area contributed by atoms with Crippen molar-refractivity contribution in [1.82, 2.24) is 4.57 Å². The lowest BCUT2D eigenvalue weighted by Gasteiger charge is -2.24. The molecule has 1 aromatic heterocycles. The number of esters is 1. The average Bonchev–Trinajstić information content (AvgIpc) is 3.13. The van der Waals surface area contributed by atoms with Crippen molar-refractivity contribution in [3.63, 3.8) is 0 Å². The highest BCUT2D eigenvalue weighted by Gasteiger charge is 2.33. The smallest absolute Gasteiger partial charge is 0.387 e. The summed E-state index contributed by atoms with van der Waals surface area (Å²) < 4.78 is 36.9. The van der Waals surface area contributed by atoms with Crippen molar-refractivity contribution in [2.45, 2.75) is 26.5 Å². The highest BCUT2D eigenvalue weighted by atomic mass is 32.1. The van der Waals surface area contributed by atoms with Crippen LogP contribution in [0.1, 0.15) is 31.0 Å². The number of aromatic nitrogens is 1. The number of hydrogen-bond acceptors (Lipinski definition) is 7. The second-order valence-electron chi connectivity index (χ2n) is 8.24. The maximum atomic E-state index is 13.6. The van der Waals surface area contributed by atoms with Crippen molar-refractivity contribution in [2.24, 2.45) is 4.99 Å². The van der Waals surface area contributed by atoms with Gasteiger partial charge in [0.05, 0.1) is 28.5 Å². The summed E-state index contributed by atoms with van der Waals surface area (Å²) in [6, 6.07) is 12.8. The van der Waals surface area contributed by atoms with E-state index in [4.69, 9.17) is 4.74 Å². The number of rotatable bonds is 7. The van der Waals surface area contributed by atoms with Crippen LogP contribution >= 0.6 is 11.3 Å². The number of ether oxygens (including phenoxy) is 2. The lowest BCUT2D eigenvalue weighted by atomic mass is 9.96.